The standard InChI is InChI=1S/C76H66O24/c1-45-57(93-67(79)48-29-13-4-14-30-48)60(96-70(82)51-35-19-7-20-36-51)64(99-73(85)54-41-25-10-26-42-54)75(89-45)88-44-55-58(94-68(80)49-31-15-5-16-32-49)61(97-71(83)52-37-21-8-22-38-52)63(74(86)91-55)100-76-65(90-46(2)77)62(98-72(84)53-39-23-9-24-40-53)59(95-69(81)50-33-17-6-18-34-50)56(92-76)43-87-66(78)47-27-11-3-12-28-47/h3-42,45,55-65,74-76,86H,43-44H2,1-2H3/t45-,55+,56+,57-,58+,59+,60+,61-,62-,63+,64+,65-,74-,75+,76+/m0/s1. The highest BCUT2D eigenvalue weighted by Gasteiger charge is 2.59. The average Bonchev–Trinajstić information content (AvgIpc) is 0.764. The number of carbonyl (C=O) groups excluding carboxylic acids is 9. The predicted molar refractivity (Wildman–Crippen MR) is 346 cm³/mol. The number of carbonyl (C=O) groups is 9. The van der Waals surface area contributed by atoms with Crippen LogP contribution in [0.1, 0.15) is 96.7 Å². The first-order valence-electron chi connectivity index (χ1n) is 31.7. The Bertz CT molecular complexity index is 4080. The Kier molecular flexibility index (Phi) is 23.4. The van der Waals surface area contributed by atoms with Gasteiger partial charge in [-0.25, -0.2) is 38.4 Å². The van der Waals surface area contributed by atoms with Crippen molar-refractivity contribution in [2.24, 2.45) is 0 Å². The van der Waals surface area contributed by atoms with Crippen LogP contribution in [0.4, 0.5) is 0 Å². The third kappa shape index (κ3) is 17.5. The van der Waals surface area contributed by atoms with E-state index in [0.717, 1.165) is 6.92 Å². The first-order valence-corrected chi connectivity index (χ1v) is 31.7. The van der Waals surface area contributed by atoms with Crippen molar-refractivity contribution in [3.05, 3.63) is 287 Å². The highest BCUT2D eigenvalue weighted by Crippen LogP contribution is 2.38. The van der Waals surface area contributed by atoms with Crippen LogP contribution in [0.15, 0.2) is 243 Å². The molecule has 3 saturated heterocycles. The van der Waals surface area contributed by atoms with Crippen LogP contribution in [0.3, 0.4) is 0 Å². The fourth-order valence-corrected chi connectivity index (χ4v) is 11.2. The van der Waals surface area contributed by atoms with Gasteiger partial charge in [0.2, 0.25) is 0 Å². The van der Waals surface area contributed by atoms with E-state index in [4.69, 9.17) is 66.3 Å². The second kappa shape index (κ2) is 33.3. The number of hydrogen-bond donors (Lipinski definition) is 1. The van der Waals surface area contributed by atoms with Crippen LogP contribution in [0, 0.1) is 0 Å². The van der Waals surface area contributed by atoms with Gasteiger partial charge in [0.15, 0.2) is 73.8 Å². The van der Waals surface area contributed by atoms with Gasteiger partial charge in [-0.15, -0.1) is 0 Å². The summed E-state index contributed by atoms with van der Waals surface area (Å²) >= 11 is 0. The number of ether oxygens (including phenoxy) is 14. The molecule has 100 heavy (non-hydrogen) atoms. The molecule has 11 rings (SSSR count). The molecule has 24 nitrogen and oxygen atoms in total. The van der Waals surface area contributed by atoms with Crippen molar-refractivity contribution in [3.8, 4) is 0 Å². The minimum Gasteiger partial charge on any atom is -0.459 e. The van der Waals surface area contributed by atoms with E-state index in [1.54, 1.807) is 121 Å². The SMILES string of the molecule is CC(=O)O[C@@H]1[C@@H](O[C@@H]2[C@@H](OC(=O)c3ccccc3)[C@H](OC(=O)c3ccccc3)[C@@H](CO[C@@H]3O[C@@H](C)[C@H](OC(=O)c4ccccc4)[C@@H](OC(=O)c4ccccc4)[C@H]3OC(=O)c3ccccc3)O[C@@H]2O)O[C@H](COC(=O)c2ccccc2)[C@@H](OC(=O)c2ccccc2)[C@@H]1OC(=O)c1ccccc1. The van der Waals surface area contributed by atoms with Gasteiger partial charge in [-0.1, -0.05) is 146 Å². The van der Waals surface area contributed by atoms with E-state index >= 15 is 0 Å². The molecule has 8 aromatic rings. The van der Waals surface area contributed by atoms with Crippen molar-refractivity contribution in [2.45, 2.75) is 106 Å². The number of rotatable bonds is 23. The first-order chi connectivity index (χ1) is 48.6. The molecule has 0 radical (unpaired) electrons. The van der Waals surface area contributed by atoms with Crippen LogP contribution in [0.2, 0.25) is 0 Å². The summed E-state index contributed by atoms with van der Waals surface area (Å²) in [5.41, 5.74) is 0.120. The molecule has 24 heteroatoms. The molecule has 8 aromatic carbocycles. The molecular formula is C76H66O24. The highest BCUT2D eigenvalue weighted by molar-refractivity contribution is 5.93. The van der Waals surface area contributed by atoms with Crippen molar-refractivity contribution in [2.75, 3.05) is 13.2 Å². The fraction of sp³-hybridized carbons (Fsp3) is 0.250. The van der Waals surface area contributed by atoms with Crippen molar-refractivity contribution in [1.82, 2.24) is 0 Å². The Hall–Kier alpha value is -11.3. The van der Waals surface area contributed by atoms with Gasteiger partial charge >= 0.3 is 53.7 Å². The van der Waals surface area contributed by atoms with E-state index in [9.17, 15) is 48.3 Å². The van der Waals surface area contributed by atoms with E-state index in [1.165, 1.54) is 128 Å². The lowest BCUT2D eigenvalue weighted by atomic mass is 9.95. The quantitative estimate of drug-likeness (QED) is 0.0461. The molecule has 0 unspecified atom stereocenters. The molecule has 1 N–H and O–H groups in total. The fourth-order valence-electron chi connectivity index (χ4n) is 11.2. The number of benzene rings is 8. The van der Waals surface area contributed by atoms with Crippen LogP contribution in [-0.2, 0) is 71.1 Å². The van der Waals surface area contributed by atoms with Gasteiger partial charge in [0.05, 0.1) is 57.2 Å². The average molecular weight is 1360 g/mol. The summed E-state index contributed by atoms with van der Waals surface area (Å²) in [6.07, 6.45) is -28.2. The zero-order valence-corrected chi connectivity index (χ0v) is 53.5. The zero-order chi connectivity index (χ0) is 70.1. The lowest BCUT2D eigenvalue weighted by molar-refractivity contribution is -0.364. The van der Waals surface area contributed by atoms with Crippen molar-refractivity contribution in [3.63, 3.8) is 0 Å². The predicted octanol–water partition coefficient (Wildman–Crippen LogP) is 8.94. The van der Waals surface area contributed by atoms with Crippen molar-refractivity contribution >= 4 is 53.7 Å². The number of aliphatic hydroxyl groups excluding tert-OH is 1. The van der Waals surface area contributed by atoms with Crippen LogP contribution < -0.4 is 0 Å². The summed E-state index contributed by atoms with van der Waals surface area (Å²) < 4.78 is 87.8. The maximum Gasteiger partial charge on any atom is 0.338 e. The van der Waals surface area contributed by atoms with Gasteiger partial charge in [-0.2, -0.15) is 0 Å². The summed E-state index contributed by atoms with van der Waals surface area (Å²) in [5, 5.41) is 12.7. The molecule has 3 fully saturated rings. The smallest absolute Gasteiger partial charge is 0.338 e. The van der Waals surface area contributed by atoms with Crippen molar-refractivity contribution < 1.29 is 115 Å². The Morgan fingerprint density at radius 3 is 0.910 bits per heavy atom. The zero-order valence-electron chi connectivity index (χ0n) is 53.5. The molecule has 0 saturated carbocycles. The maximum atomic E-state index is 14.7. The highest BCUT2D eigenvalue weighted by atomic mass is 16.8. The Morgan fingerprint density at radius 1 is 0.300 bits per heavy atom. The molecule has 0 bridgehead atoms. The summed E-state index contributed by atoms with van der Waals surface area (Å²) in [5.74, 6) is -8.94. The minimum atomic E-state index is -2.36. The largest absolute Gasteiger partial charge is 0.459 e. The summed E-state index contributed by atoms with van der Waals surface area (Å²) in [6, 6.07) is 61.3. The number of hydrogen-bond acceptors (Lipinski definition) is 24. The Labute approximate surface area is 572 Å². The lowest BCUT2D eigenvalue weighted by Crippen LogP contribution is -2.67. The van der Waals surface area contributed by atoms with E-state index in [1.807, 2.05) is 0 Å². The van der Waals surface area contributed by atoms with Gasteiger partial charge in [0.1, 0.15) is 18.8 Å². The summed E-state index contributed by atoms with van der Waals surface area (Å²) in [4.78, 5) is 128. The molecule has 0 amide bonds. The first kappa shape index (κ1) is 70.1. The Balaban J connectivity index is 0.990. The number of esters is 9. The van der Waals surface area contributed by atoms with E-state index < -0.39 is 159 Å². The second-order valence-electron chi connectivity index (χ2n) is 22.9. The normalized spacial score (nSPS) is 24.6. The van der Waals surface area contributed by atoms with Crippen LogP contribution in [0.25, 0.3) is 0 Å². The molecule has 15 atom stereocenters. The summed E-state index contributed by atoms with van der Waals surface area (Å²) in [6.45, 7) is 0.805. The lowest BCUT2D eigenvalue weighted by Gasteiger charge is -2.48. The van der Waals surface area contributed by atoms with Gasteiger partial charge in [-0.3, -0.25) is 4.79 Å². The molecule has 0 aromatic heterocycles. The van der Waals surface area contributed by atoms with Crippen molar-refractivity contribution in [1.29, 1.82) is 0 Å². The molecule has 0 spiro atoms. The molecule has 3 aliphatic heterocycles. The monoisotopic (exact) mass is 1360 g/mol. The number of aliphatic hydroxyl groups is 1. The van der Waals surface area contributed by atoms with Gasteiger partial charge in [0, 0.05) is 6.92 Å². The van der Waals surface area contributed by atoms with Gasteiger partial charge < -0.3 is 71.4 Å². The molecule has 3 aliphatic rings. The van der Waals surface area contributed by atoms with Crippen LogP contribution in [-0.4, -0.2) is 164 Å². The second-order valence-corrected chi connectivity index (χ2v) is 22.9. The minimum absolute atomic E-state index is 0.00591. The molecule has 514 valence electrons. The van der Waals surface area contributed by atoms with Crippen LogP contribution >= 0.6 is 0 Å². The van der Waals surface area contributed by atoms with E-state index in [0.29, 0.717) is 0 Å². The molecule has 0 aliphatic carbocycles. The van der Waals surface area contributed by atoms with Gasteiger partial charge in [-0.05, 0) is 104 Å². The summed E-state index contributed by atoms with van der Waals surface area (Å²) in [7, 11) is 0. The van der Waals surface area contributed by atoms with Crippen LogP contribution in [0.5, 0.6) is 0 Å². The third-order valence-electron chi connectivity index (χ3n) is 16.1. The van der Waals surface area contributed by atoms with E-state index in [-0.39, 0.29) is 44.5 Å². The van der Waals surface area contributed by atoms with Gasteiger partial charge in [0.25, 0.3) is 0 Å². The molecule has 3 heterocycles. The third-order valence-corrected chi connectivity index (χ3v) is 16.1. The molecular weight excluding hydrogens is 1300 g/mol. The maximum absolute atomic E-state index is 14.7. The Morgan fingerprint density at radius 2 is 0.570 bits per heavy atom. The topological polar surface area (TPSA) is 303 Å². The van der Waals surface area contributed by atoms with E-state index in [2.05, 4.69) is 0 Å².